The molecule has 4 amide bonds. The van der Waals surface area contributed by atoms with Crippen molar-refractivity contribution in [2.75, 3.05) is 52.4 Å². The van der Waals surface area contributed by atoms with Crippen molar-refractivity contribution in [3.63, 3.8) is 0 Å². The second-order valence-electron chi connectivity index (χ2n) is 19.3. The number of carbonyl (C=O) groups excluding carboxylic acids is 4. The average molecular weight is 997 g/mol. The molecule has 0 aliphatic carbocycles. The van der Waals surface area contributed by atoms with E-state index in [4.69, 9.17) is 16.6 Å². The highest BCUT2D eigenvalue weighted by molar-refractivity contribution is 7.15. The van der Waals surface area contributed by atoms with Gasteiger partial charge in [-0.1, -0.05) is 68.8 Å². The Morgan fingerprint density at radius 1 is 0.884 bits per heavy atom. The average Bonchev–Trinajstić information content (AvgIpc) is 4.09. The van der Waals surface area contributed by atoms with Crippen LogP contribution in [0.2, 0.25) is 5.02 Å². The van der Waals surface area contributed by atoms with Gasteiger partial charge in [-0.05, 0) is 61.9 Å². The van der Waals surface area contributed by atoms with E-state index < -0.39 is 29.6 Å². The summed E-state index contributed by atoms with van der Waals surface area (Å²) in [5, 5.41) is 30.3. The summed E-state index contributed by atoms with van der Waals surface area (Å²) < 4.78 is 2.04. The van der Waals surface area contributed by atoms with E-state index in [9.17, 15) is 24.3 Å². The normalized spacial score (nSPS) is 19.1. The van der Waals surface area contributed by atoms with Gasteiger partial charge in [-0.15, -0.1) is 32.9 Å². The number of thiazole rings is 1. The molecule has 3 aliphatic rings. The molecule has 2 aromatic carbocycles. The molecule has 0 bridgehead atoms. The number of hydrogen-bond acceptors (Lipinski definition) is 13. The van der Waals surface area contributed by atoms with Gasteiger partial charge in [0, 0.05) is 92.8 Å². The van der Waals surface area contributed by atoms with E-state index >= 15 is 0 Å². The molecule has 69 heavy (non-hydrogen) atoms. The number of aliphatic hydroxyl groups excluding tert-OH is 1. The van der Waals surface area contributed by atoms with Gasteiger partial charge < -0.3 is 30.9 Å². The van der Waals surface area contributed by atoms with Crippen LogP contribution in [0.4, 0.5) is 0 Å². The minimum atomic E-state index is -0.898. The van der Waals surface area contributed by atoms with Crippen LogP contribution in [0, 0.1) is 33.1 Å². The SMILES string of the molecule is Cc1ncsc1-c1ccc(CNC(=O)[C@@H]2C[C@@H](O)CN2C(=O)[C@@H](NC(=O)CCN2CCN(CCNC(=O)C[C@@H]3N=C(c4ccc(Cl)cc4)c4c(sc(C)c4C)-n4c(C)nnc43)CC2)C(C)(C)C)cc1. The molecule has 0 unspecified atom stereocenters. The molecule has 16 nitrogen and oxygen atoms in total. The van der Waals surface area contributed by atoms with Gasteiger partial charge in [-0.25, -0.2) is 4.98 Å². The van der Waals surface area contributed by atoms with E-state index in [1.807, 2.05) is 93.2 Å². The largest absolute Gasteiger partial charge is 0.391 e. The Kier molecular flexibility index (Phi) is 15.5. The highest BCUT2D eigenvalue weighted by atomic mass is 35.5. The van der Waals surface area contributed by atoms with Crippen LogP contribution in [-0.4, -0.2) is 139 Å². The lowest BCUT2D eigenvalue weighted by molar-refractivity contribution is -0.144. The highest BCUT2D eigenvalue weighted by Gasteiger charge is 2.44. The van der Waals surface area contributed by atoms with Gasteiger partial charge in [0.15, 0.2) is 5.82 Å². The molecule has 2 saturated heterocycles. The van der Waals surface area contributed by atoms with E-state index in [1.165, 1.54) is 9.78 Å². The van der Waals surface area contributed by atoms with Gasteiger partial charge >= 0.3 is 0 Å². The molecule has 3 aliphatic heterocycles. The van der Waals surface area contributed by atoms with Crippen molar-refractivity contribution in [1.82, 2.24) is 50.4 Å². The number of β-amino-alcohol motifs (C(OH)–C–C–N with tert-alkyl or cyclic N) is 1. The fourth-order valence-corrected chi connectivity index (χ4v) is 11.4. The number of aromatic nitrogens is 4. The number of nitrogens with one attached hydrogen (secondary N) is 3. The summed E-state index contributed by atoms with van der Waals surface area (Å²) in [6, 6.07) is 13.2. The smallest absolute Gasteiger partial charge is 0.246 e. The standard InChI is InChI=1S/C50H62ClN11O5S2/c1-29-31(3)69-49-42(29)43(34-12-14-36(51)15-13-34)55-38(46-58-57-32(4)62(46)49)25-41(65)52-17-19-60-22-20-59(21-23-60)18-16-40(64)56-45(50(5,6)7)48(67)61-27-37(63)24-39(61)47(66)53-26-33-8-10-35(11-9-33)44-30(2)54-28-68-44/h8-15,28,37-39,45,63H,16-27H2,1-7H3,(H,52,65)(H,53,66)(H,56,64)/t37-,38+,39+,45-/m1/s1. The molecule has 0 saturated carbocycles. The van der Waals surface area contributed by atoms with Crippen LogP contribution >= 0.6 is 34.3 Å². The first-order valence-electron chi connectivity index (χ1n) is 23.6. The third kappa shape index (κ3) is 11.5. The van der Waals surface area contributed by atoms with Gasteiger partial charge in [0.25, 0.3) is 0 Å². The van der Waals surface area contributed by atoms with Crippen LogP contribution in [0.1, 0.15) is 90.5 Å². The topological polar surface area (TPSA) is 190 Å². The summed E-state index contributed by atoms with van der Waals surface area (Å²) in [7, 11) is 0. The molecule has 8 rings (SSSR count). The summed E-state index contributed by atoms with van der Waals surface area (Å²) in [6.45, 7) is 18.8. The molecule has 4 atom stereocenters. The molecule has 19 heteroatoms. The molecule has 366 valence electrons. The van der Waals surface area contributed by atoms with Gasteiger partial charge in [0.2, 0.25) is 23.6 Å². The monoisotopic (exact) mass is 995 g/mol. The lowest BCUT2D eigenvalue weighted by Crippen LogP contribution is -2.58. The molecule has 0 spiro atoms. The predicted octanol–water partition coefficient (Wildman–Crippen LogP) is 5.55. The van der Waals surface area contributed by atoms with Crippen molar-refractivity contribution in [1.29, 1.82) is 0 Å². The molecule has 6 heterocycles. The molecule has 4 N–H and O–H groups in total. The van der Waals surface area contributed by atoms with Crippen LogP contribution in [0.25, 0.3) is 15.4 Å². The molecule has 0 radical (unpaired) electrons. The summed E-state index contributed by atoms with van der Waals surface area (Å²) >= 11 is 9.52. The fourth-order valence-electron chi connectivity index (χ4n) is 9.24. The van der Waals surface area contributed by atoms with Crippen molar-refractivity contribution in [2.24, 2.45) is 10.4 Å². The van der Waals surface area contributed by atoms with Crippen molar-refractivity contribution < 1.29 is 24.3 Å². The number of piperazine rings is 1. The van der Waals surface area contributed by atoms with Crippen molar-refractivity contribution in [3.8, 4) is 15.4 Å². The zero-order chi connectivity index (χ0) is 49.1. The second-order valence-corrected chi connectivity index (χ2v) is 21.8. The highest BCUT2D eigenvalue weighted by Crippen LogP contribution is 2.40. The van der Waals surface area contributed by atoms with Crippen LogP contribution in [0.5, 0.6) is 0 Å². The van der Waals surface area contributed by atoms with Gasteiger partial charge in [0.05, 0.1) is 34.3 Å². The Morgan fingerprint density at radius 2 is 1.57 bits per heavy atom. The number of thiophene rings is 1. The first kappa shape index (κ1) is 50.0. The summed E-state index contributed by atoms with van der Waals surface area (Å²) in [5.41, 5.74) is 7.97. The number of halogens is 1. The maximum atomic E-state index is 14.2. The second kappa shape index (κ2) is 21.3. The lowest BCUT2D eigenvalue weighted by Gasteiger charge is -2.36. The van der Waals surface area contributed by atoms with Gasteiger partial charge in [0.1, 0.15) is 29.0 Å². The first-order chi connectivity index (χ1) is 32.9. The van der Waals surface area contributed by atoms with Crippen LogP contribution in [0.3, 0.4) is 0 Å². The van der Waals surface area contributed by atoms with Crippen molar-refractivity contribution in [2.45, 2.75) is 98.5 Å². The number of fused-ring (bicyclic) bond motifs is 3. The van der Waals surface area contributed by atoms with E-state index in [0.717, 1.165) is 81.1 Å². The van der Waals surface area contributed by atoms with E-state index in [1.54, 1.807) is 22.7 Å². The molecular weight excluding hydrogens is 934 g/mol. The van der Waals surface area contributed by atoms with Gasteiger partial charge in [-0.3, -0.25) is 33.6 Å². The van der Waals surface area contributed by atoms with Crippen LogP contribution < -0.4 is 16.0 Å². The minimum Gasteiger partial charge on any atom is -0.391 e. The number of aryl methyl sites for hydroxylation is 3. The number of likely N-dealkylation sites (tertiary alicyclic amines) is 1. The Morgan fingerprint density at radius 3 is 2.23 bits per heavy atom. The van der Waals surface area contributed by atoms with Crippen LogP contribution in [0.15, 0.2) is 59.0 Å². The van der Waals surface area contributed by atoms with E-state index in [-0.39, 0.29) is 56.0 Å². The Bertz CT molecular complexity index is 2700. The molecule has 3 aromatic heterocycles. The minimum absolute atomic E-state index is 0.0109. The quantitative estimate of drug-likeness (QED) is 0.103. The lowest BCUT2D eigenvalue weighted by atomic mass is 9.85. The van der Waals surface area contributed by atoms with Crippen LogP contribution in [-0.2, 0) is 25.7 Å². The zero-order valence-electron chi connectivity index (χ0n) is 40.3. The summed E-state index contributed by atoms with van der Waals surface area (Å²) in [5.74, 6) is 0.266. The van der Waals surface area contributed by atoms with Crippen molar-refractivity contribution >= 4 is 63.6 Å². The third-order valence-electron chi connectivity index (χ3n) is 13.3. The number of hydrogen-bond donors (Lipinski definition) is 4. The van der Waals surface area contributed by atoms with E-state index in [2.05, 4.69) is 54.8 Å². The Balaban J connectivity index is 0.793. The number of rotatable bonds is 15. The molecule has 5 aromatic rings. The first-order valence-corrected chi connectivity index (χ1v) is 25.6. The summed E-state index contributed by atoms with van der Waals surface area (Å²) in [4.78, 5) is 72.5. The number of aliphatic hydroxyl groups is 1. The number of carbonyl (C=O) groups is 4. The Labute approximate surface area is 416 Å². The zero-order valence-corrected chi connectivity index (χ0v) is 42.7. The number of aliphatic imine (C=N–C) groups is 1. The number of nitrogens with zero attached hydrogens (tertiary/aromatic N) is 8. The maximum Gasteiger partial charge on any atom is 0.246 e. The number of benzene rings is 2. The maximum absolute atomic E-state index is 14.2. The third-order valence-corrected chi connectivity index (χ3v) is 15.7. The fraction of sp³-hybridized carbons (Fsp3) is 0.480. The summed E-state index contributed by atoms with van der Waals surface area (Å²) in [6.07, 6.45) is -0.423. The molecule has 2 fully saturated rings. The molecular formula is C50H62ClN11O5S2. The van der Waals surface area contributed by atoms with Gasteiger partial charge in [-0.2, -0.15) is 0 Å². The predicted molar refractivity (Wildman–Crippen MR) is 270 cm³/mol. The number of amides is 4. The van der Waals surface area contributed by atoms with Crippen molar-refractivity contribution in [3.05, 3.63) is 104 Å². The van der Waals surface area contributed by atoms with E-state index in [0.29, 0.717) is 30.5 Å². The Hall–Kier alpha value is -5.37.